The van der Waals surface area contributed by atoms with Crippen LogP contribution in [-0.2, 0) is 31.2 Å². The number of nitrogens with zero attached hydrogens (tertiary/aromatic N) is 3. The summed E-state index contributed by atoms with van der Waals surface area (Å²) < 4.78 is 28.7. The fourth-order valence-electron chi connectivity index (χ4n) is 4.06. The molecule has 1 saturated heterocycles. The van der Waals surface area contributed by atoms with Crippen LogP contribution in [0.3, 0.4) is 0 Å². The van der Waals surface area contributed by atoms with E-state index in [1.54, 1.807) is 0 Å². The number of benzene rings is 2. The molecule has 1 aliphatic heterocycles. The molecule has 6 N–H and O–H groups in total. The Balaban J connectivity index is -0.00000101. The first kappa shape index (κ1) is 47.2. The average molecular weight is 628 g/mol. The Morgan fingerprint density at radius 2 is 1.21 bits per heavy atom. The second-order valence-electron chi connectivity index (χ2n) is 9.03. The van der Waals surface area contributed by atoms with Gasteiger partial charge in [-0.05, 0) is 48.1 Å². The Labute approximate surface area is 255 Å². The van der Waals surface area contributed by atoms with Crippen molar-refractivity contribution >= 4 is 11.8 Å². The smallest absolute Gasteiger partial charge is 0.115 e. The number of alkyl halides is 1. The number of thioether (sulfide) groups is 1. The summed E-state index contributed by atoms with van der Waals surface area (Å²) >= 11 is 1.97. The van der Waals surface area contributed by atoms with Gasteiger partial charge in [-0.1, -0.05) is 70.8 Å². The molecule has 0 bridgehead atoms. The predicted octanol–water partition coefficient (Wildman–Crippen LogP) is 5.59. The highest BCUT2D eigenvalue weighted by molar-refractivity contribution is 7.99. The van der Waals surface area contributed by atoms with Crippen molar-refractivity contribution in [3.63, 3.8) is 0 Å². The molecule has 12 heteroatoms. The summed E-state index contributed by atoms with van der Waals surface area (Å²) in [7, 11) is 0. The van der Waals surface area contributed by atoms with Crippen molar-refractivity contribution in [1.82, 2.24) is 15.0 Å². The van der Waals surface area contributed by atoms with Gasteiger partial charge in [0.05, 0.1) is 6.61 Å². The lowest BCUT2D eigenvalue weighted by Crippen LogP contribution is -2.32. The van der Waals surface area contributed by atoms with Gasteiger partial charge >= 0.3 is 0 Å². The standard InChI is InChI=1S/C27H40FN3O3S.3CH4.F2.2H2O/c28-20-24-4-6-25(7-5-24)21-29(13-3-17-32)12-1-2-14-30(33)22-26-8-10-27(11-9-26)23-34-31-15-18-35-19-16-31;;;;1-2;;/h4-11,32-33H,1-3,12-23H2;3*1H4;;2*1H2. The van der Waals surface area contributed by atoms with Crippen LogP contribution in [0.5, 0.6) is 0 Å². The average Bonchev–Trinajstić information content (AvgIpc) is 2.95. The molecule has 3 rings (SSSR count). The lowest BCUT2D eigenvalue weighted by Gasteiger charge is -2.25. The second-order valence-corrected chi connectivity index (χ2v) is 10.3. The molecule has 0 unspecified atom stereocenters. The number of halogens is 3. The van der Waals surface area contributed by atoms with Crippen LogP contribution in [0.15, 0.2) is 48.5 Å². The zero-order valence-corrected chi connectivity index (χ0v) is 23.2. The normalized spacial score (nSPS) is 12.5. The summed E-state index contributed by atoms with van der Waals surface area (Å²) in [5.74, 6) is 2.25. The van der Waals surface area contributed by atoms with E-state index in [0.29, 0.717) is 25.3 Å². The van der Waals surface area contributed by atoms with Gasteiger partial charge < -0.3 is 21.3 Å². The molecule has 1 heterocycles. The highest BCUT2D eigenvalue weighted by atomic mass is 32.2. The lowest BCUT2D eigenvalue weighted by molar-refractivity contribution is -0.163. The van der Waals surface area contributed by atoms with E-state index in [4.69, 9.17) is 14.0 Å². The summed E-state index contributed by atoms with van der Waals surface area (Å²) in [6.07, 6.45) is 2.57. The van der Waals surface area contributed by atoms with Crippen molar-refractivity contribution in [2.45, 2.75) is 67.9 Å². The Bertz CT molecular complexity index is 836. The molecule has 0 atom stereocenters. The van der Waals surface area contributed by atoms with Crippen molar-refractivity contribution in [3.05, 3.63) is 70.8 Å². The molecule has 0 saturated carbocycles. The highest BCUT2D eigenvalue weighted by Gasteiger charge is 2.11. The molecule has 0 radical (unpaired) electrons. The molecule has 1 aliphatic rings. The van der Waals surface area contributed by atoms with Crippen molar-refractivity contribution in [2.24, 2.45) is 0 Å². The van der Waals surface area contributed by atoms with Crippen molar-refractivity contribution in [1.29, 1.82) is 0 Å². The Kier molecular flexibility index (Phi) is 33.0. The van der Waals surface area contributed by atoms with Crippen LogP contribution in [-0.4, -0.2) is 87.1 Å². The highest BCUT2D eigenvalue weighted by Crippen LogP contribution is 2.14. The Morgan fingerprint density at radius 1 is 0.738 bits per heavy atom. The van der Waals surface area contributed by atoms with Crippen LogP contribution < -0.4 is 0 Å². The lowest BCUT2D eigenvalue weighted by atomic mass is 10.1. The zero-order chi connectivity index (χ0) is 26.7. The molecule has 2 aromatic rings. The molecule has 0 spiro atoms. The quantitative estimate of drug-likeness (QED) is 0.184. The molecule has 2 aromatic carbocycles. The molecule has 0 amide bonds. The fraction of sp³-hybridized carbons (Fsp3) is 0.600. The number of rotatable bonds is 16. The molecule has 42 heavy (non-hydrogen) atoms. The topological polar surface area (TPSA) is 122 Å². The maximum Gasteiger partial charge on any atom is 0.115 e. The van der Waals surface area contributed by atoms with Crippen LogP contribution in [0.1, 0.15) is 63.8 Å². The molecular weight excluding hydrogens is 571 g/mol. The van der Waals surface area contributed by atoms with Gasteiger partial charge in [-0.2, -0.15) is 21.9 Å². The first-order chi connectivity index (χ1) is 18.2. The van der Waals surface area contributed by atoms with Crippen LogP contribution >= 0.6 is 11.8 Å². The Morgan fingerprint density at radius 3 is 1.76 bits per heavy atom. The summed E-state index contributed by atoms with van der Waals surface area (Å²) in [6.45, 7) is 5.87. The summed E-state index contributed by atoms with van der Waals surface area (Å²) in [6, 6.07) is 15.9. The van der Waals surface area contributed by atoms with Gasteiger partial charge in [-0.25, -0.2) is 4.39 Å². The zero-order valence-electron chi connectivity index (χ0n) is 22.4. The number of unbranched alkanes of at least 4 members (excludes halogenated alkanes) is 1. The van der Waals surface area contributed by atoms with E-state index in [2.05, 4.69) is 29.2 Å². The van der Waals surface area contributed by atoms with E-state index in [1.807, 2.05) is 41.1 Å². The van der Waals surface area contributed by atoms with Crippen molar-refractivity contribution < 1.29 is 39.6 Å². The minimum Gasteiger partial charge on any atom is -0.412 e. The van der Waals surface area contributed by atoms with E-state index in [0.717, 1.165) is 80.2 Å². The van der Waals surface area contributed by atoms with E-state index in [9.17, 15) is 14.7 Å². The van der Waals surface area contributed by atoms with Crippen LogP contribution in [0.25, 0.3) is 0 Å². The molecule has 0 aliphatic carbocycles. The molecule has 8 nitrogen and oxygen atoms in total. The minimum absolute atomic E-state index is 0. The SMILES string of the molecule is C.C.C.FF.O.O.OCCCN(CCCCN(O)Cc1ccc(CON2CCSCC2)cc1)Cc1ccc(CF)cc1. The first-order valence-corrected chi connectivity index (χ1v) is 13.9. The number of hydrogen-bond acceptors (Lipinski definition) is 7. The van der Waals surface area contributed by atoms with E-state index >= 15 is 0 Å². The number of aliphatic hydroxyl groups excluding tert-OH is 1. The van der Waals surface area contributed by atoms with Gasteiger partial charge in [0.2, 0.25) is 0 Å². The first-order valence-electron chi connectivity index (χ1n) is 12.7. The van der Waals surface area contributed by atoms with Crippen LogP contribution in [0.2, 0.25) is 0 Å². The maximum absolute atomic E-state index is 12.7. The summed E-state index contributed by atoms with van der Waals surface area (Å²) in [5.41, 5.74) is 4.05. The van der Waals surface area contributed by atoms with E-state index in [1.165, 1.54) is 5.06 Å². The third-order valence-corrected chi connectivity index (χ3v) is 7.07. The van der Waals surface area contributed by atoms with E-state index in [-0.39, 0.29) is 39.8 Å². The van der Waals surface area contributed by atoms with Gasteiger partial charge in [-0.15, -0.1) is 0 Å². The second kappa shape index (κ2) is 29.3. The third kappa shape index (κ3) is 19.4. The number of aliphatic hydroxyl groups is 1. The van der Waals surface area contributed by atoms with E-state index < -0.39 is 6.67 Å². The summed E-state index contributed by atoms with van der Waals surface area (Å²) in [5, 5.41) is 23.0. The maximum atomic E-state index is 12.7. The van der Waals surface area contributed by atoms with Gasteiger partial charge in [0, 0.05) is 66.5 Å². The van der Waals surface area contributed by atoms with Crippen LogP contribution in [0.4, 0.5) is 13.5 Å². The molecule has 248 valence electrons. The Hall–Kier alpha value is -1.74. The predicted molar refractivity (Wildman–Crippen MR) is 169 cm³/mol. The van der Waals surface area contributed by atoms with Gasteiger partial charge in [0.25, 0.3) is 0 Å². The molecule has 1 fully saturated rings. The van der Waals surface area contributed by atoms with Crippen molar-refractivity contribution in [3.8, 4) is 0 Å². The summed E-state index contributed by atoms with van der Waals surface area (Å²) in [4.78, 5) is 8.19. The number of hydrogen-bond donors (Lipinski definition) is 2. The largest absolute Gasteiger partial charge is 0.412 e. The number of hydroxylamine groups is 4. The third-order valence-electron chi connectivity index (χ3n) is 6.13. The van der Waals surface area contributed by atoms with Gasteiger partial charge in [0.1, 0.15) is 6.67 Å². The molecular formula is C30H56F3N3O5S. The van der Waals surface area contributed by atoms with Crippen LogP contribution in [0, 0.1) is 0 Å². The molecule has 0 aromatic heterocycles. The minimum atomic E-state index is -0.442. The van der Waals surface area contributed by atoms with Gasteiger partial charge in [0.15, 0.2) is 0 Å². The fourth-order valence-corrected chi connectivity index (χ4v) is 4.93. The van der Waals surface area contributed by atoms with Gasteiger partial charge in [-0.3, -0.25) is 9.74 Å². The van der Waals surface area contributed by atoms with Crippen molar-refractivity contribution in [2.75, 3.05) is 50.8 Å². The monoisotopic (exact) mass is 627 g/mol.